The lowest BCUT2D eigenvalue weighted by Gasteiger charge is -2.01. The van der Waals surface area contributed by atoms with E-state index in [2.05, 4.69) is 33.3 Å². The second-order valence-corrected chi connectivity index (χ2v) is 5.63. The highest BCUT2D eigenvalue weighted by Gasteiger charge is 2.10. The van der Waals surface area contributed by atoms with E-state index >= 15 is 0 Å². The summed E-state index contributed by atoms with van der Waals surface area (Å²) in [5.74, 6) is 0.606. The van der Waals surface area contributed by atoms with Gasteiger partial charge in [0.15, 0.2) is 5.82 Å². The summed E-state index contributed by atoms with van der Waals surface area (Å²) in [5.41, 5.74) is 3.41. The molecule has 1 aromatic carbocycles. The molecule has 0 aliphatic rings. The van der Waals surface area contributed by atoms with Gasteiger partial charge in [-0.2, -0.15) is 5.10 Å². The van der Waals surface area contributed by atoms with Gasteiger partial charge in [0.1, 0.15) is 0 Å². The van der Waals surface area contributed by atoms with Gasteiger partial charge >= 0.3 is 0 Å². The maximum absolute atomic E-state index is 12.1. The largest absolute Gasteiger partial charge is 0.350 e. The molecule has 2 heterocycles. The highest BCUT2D eigenvalue weighted by Crippen LogP contribution is 2.21. The van der Waals surface area contributed by atoms with Crippen LogP contribution in [-0.2, 0) is 25.3 Å². The molecule has 0 aliphatic carbocycles. The summed E-state index contributed by atoms with van der Waals surface area (Å²) in [4.78, 5) is 12.1. The lowest BCUT2D eigenvalue weighted by Crippen LogP contribution is -2.12. The number of para-hydroxylation sites is 1. The molecule has 114 valence electrons. The lowest BCUT2D eigenvalue weighted by molar-refractivity contribution is -0.116. The van der Waals surface area contributed by atoms with E-state index < -0.39 is 0 Å². The summed E-state index contributed by atoms with van der Waals surface area (Å²) in [5, 5.41) is 8.31. The van der Waals surface area contributed by atoms with Crippen LogP contribution >= 0.6 is 0 Å². The molecule has 5 heteroatoms. The number of fused-ring (bicyclic) bond motifs is 1. The van der Waals surface area contributed by atoms with Crippen molar-refractivity contribution in [3.05, 3.63) is 47.8 Å². The fourth-order valence-corrected chi connectivity index (χ4v) is 2.70. The maximum atomic E-state index is 12.1. The summed E-state index contributed by atoms with van der Waals surface area (Å²) >= 11 is 0. The number of amides is 1. The van der Waals surface area contributed by atoms with E-state index in [-0.39, 0.29) is 5.91 Å². The van der Waals surface area contributed by atoms with Crippen molar-refractivity contribution >= 4 is 22.6 Å². The summed E-state index contributed by atoms with van der Waals surface area (Å²) in [6, 6.07) is 10.1. The first-order chi connectivity index (χ1) is 10.5. The fourth-order valence-electron chi connectivity index (χ4n) is 2.70. The van der Waals surface area contributed by atoms with Crippen LogP contribution in [0.2, 0.25) is 0 Å². The first-order valence-electron chi connectivity index (χ1n) is 7.38. The lowest BCUT2D eigenvalue weighted by atomic mass is 10.1. The Morgan fingerprint density at radius 3 is 2.77 bits per heavy atom. The normalized spacial score (nSPS) is 11.0. The van der Waals surface area contributed by atoms with E-state index in [1.54, 1.807) is 4.68 Å². The van der Waals surface area contributed by atoms with Gasteiger partial charge in [-0.3, -0.25) is 9.48 Å². The molecule has 0 saturated heterocycles. The van der Waals surface area contributed by atoms with E-state index in [0.29, 0.717) is 12.2 Å². The zero-order valence-electron chi connectivity index (χ0n) is 13.1. The van der Waals surface area contributed by atoms with Gasteiger partial charge in [0.25, 0.3) is 0 Å². The zero-order valence-corrected chi connectivity index (χ0v) is 13.1. The molecule has 3 rings (SSSR count). The van der Waals surface area contributed by atoms with Crippen LogP contribution in [0.15, 0.2) is 36.5 Å². The molecule has 0 fully saturated rings. The summed E-state index contributed by atoms with van der Waals surface area (Å²) < 4.78 is 3.85. The minimum atomic E-state index is -0.00830. The minimum absolute atomic E-state index is 0.00830. The van der Waals surface area contributed by atoms with E-state index in [1.807, 2.05) is 39.2 Å². The summed E-state index contributed by atoms with van der Waals surface area (Å²) in [6.07, 6.45) is 3.27. The van der Waals surface area contributed by atoms with E-state index in [0.717, 1.165) is 12.1 Å². The molecule has 0 aliphatic heterocycles. The number of rotatable bonds is 4. The molecular weight excluding hydrogens is 276 g/mol. The van der Waals surface area contributed by atoms with Crippen LogP contribution in [0.25, 0.3) is 10.9 Å². The Kier molecular flexibility index (Phi) is 3.71. The molecule has 0 atom stereocenters. The number of nitrogens with zero attached hydrogens (tertiary/aromatic N) is 3. The number of hydrogen-bond donors (Lipinski definition) is 1. The average Bonchev–Trinajstić information content (AvgIpc) is 2.98. The van der Waals surface area contributed by atoms with Crippen LogP contribution in [0.4, 0.5) is 5.82 Å². The van der Waals surface area contributed by atoms with Crippen LogP contribution in [0.3, 0.4) is 0 Å². The van der Waals surface area contributed by atoms with E-state index in [9.17, 15) is 4.79 Å². The van der Waals surface area contributed by atoms with Gasteiger partial charge < -0.3 is 9.88 Å². The second-order valence-electron chi connectivity index (χ2n) is 5.63. The highest BCUT2D eigenvalue weighted by atomic mass is 16.1. The van der Waals surface area contributed by atoms with Crippen LogP contribution in [0.5, 0.6) is 0 Å². The Hall–Kier alpha value is -2.56. The van der Waals surface area contributed by atoms with Crippen molar-refractivity contribution in [1.29, 1.82) is 0 Å². The summed E-state index contributed by atoms with van der Waals surface area (Å²) in [6.45, 7) is 1.96. The van der Waals surface area contributed by atoms with Crippen LogP contribution in [0, 0.1) is 6.92 Å². The molecular formula is C17H20N4O. The van der Waals surface area contributed by atoms with E-state index in [1.165, 1.54) is 16.5 Å². The third kappa shape index (κ3) is 2.74. The average molecular weight is 296 g/mol. The third-order valence-corrected chi connectivity index (χ3v) is 3.98. The smallest absolute Gasteiger partial charge is 0.225 e. The molecule has 0 bridgehead atoms. The Balaban J connectivity index is 1.67. The number of carbonyl (C=O) groups is 1. The first-order valence-corrected chi connectivity index (χ1v) is 7.38. The van der Waals surface area contributed by atoms with Crippen molar-refractivity contribution in [2.45, 2.75) is 19.8 Å². The van der Waals surface area contributed by atoms with Gasteiger partial charge in [0, 0.05) is 49.4 Å². The number of carbonyl (C=O) groups excluding carboxylic acids is 1. The first kappa shape index (κ1) is 14.4. The van der Waals surface area contributed by atoms with Crippen molar-refractivity contribution in [3.8, 4) is 0 Å². The quantitative estimate of drug-likeness (QED) is 0.805. The van der Waals surface area contributed by atoms with Crippen molar-refractivity contribution in [3.63, 3.8) is 0 Å². The van der Waals surface area contributed by atoms with Gasteiger partial charge in [-0.1, -0.05) is 18.2 Å². The van der Waals surface area contributed by atoms with Gasteiger partial charge in [0.05, 0.1) is 0 Å². The van der Waals surface area contributed by atoms with Crippen LogP contribution in [-0.4, -0.2) is 20.3 Å². The number of hydrogen-bond acceptors (Lipinski definition) is 2. The third-order valence-electron chi connectivity index (χ3n) is 3.98. The van der Waals surface area contributed by atoms with Crippen molar-refractivity contribution in [2.24, 2.45) is 14.1 Å². The second kappa shape index (κ2) is 5.67. The molecule has 0 radical (unpaired) electrons. The monoisotopic (exact) mass is 296 g/mol. The summed E-state index contributed by atoms with van der Waals surface area (Å²) in [7, 11) is 3.89. The van der Waals surface area contributed by atoms with Crippen LogP contribution < -0.4 is 5.32 Å². The minimum Gasteiger partial charge on any atom is -0.350 e. The number of benzene rings is 1. The van der Waals surface area contributed by atoms with Crippen LogP contribution in [0.1, 0.15) is 17.7 Å². The van der Waals surface area contributed by atoms with Gasteiger partial charge in [0.2, 0.25) is 5.91 Å². The number of nitrogens with one attached hydrogen (secondary N) is 1. The number of aryl methyl sites for hydroxylation is 4. The van der Waals surface area contributed by atoms with Crippen molar-refractivity contribution in [2.75, 3.05) is 5.32 Å². The van der Waals surface area contributed by atoms with Gasteiger partial charge in [-0.25, -0.2) is 0 Å². The molecule has 3 aromatic rings. The fraction of sp³-hybridized carbons (Fsp3) is 0.294. The molecule has 2 aromatic heterocycles. The molecule has 0 saturated carbocycles. The standard InChI is InChI=1S/C17H20N4O/c1-12-10-16(19-21(12)3)18-17(22)9-8-13-11-20(2)15-7-5-4-6-14(13)15/h4-7,10-11H,8-9H2,1-3H3,(H,18,19,22). The number of anilines is 1. The molecule has 5 nitrogen and oxygen atoms in total. The predicted octanol–water partition coefficient (Wildman–Crippen LogP) is 2.79. The Bertz CT molecular complexity index is 809. The molecule has 0 unspecified atom stereocenters. The molecule has 22 heavy (non-hydrogen) atoms. The van der Waals surface area contributed by atoms with Crippen molar-refractivity contribution < 1.29 is 4.79 Å². The van der Waals surface area contributed by atoms with Crippen molar-refractivity contribution in [1.82, 2.24) is 14.3 Å². The van der Waals surface area contributed by atoms with E-state index in [4.69, 9.17) is 0 Å². The molecule has 0 spiro atoms. The predicted molar refractivity (Wildman–Crippen MR) is 87.8 cm³/mol. The number of aromatic nitrogens is 3. The Morgan fingerprint density at radius 1 is 1.27 bits per heavy atom. The Labute approximate surface area is 129 Å². The zero-order chi connectivity index (χ0) is 15.7. The maximum Gasteiger partial charge on any atom is 0.225 e. The topological polar surface area (TPSA) is 51.9 Å². The SMILES string of the molecule is Cc1cc(NC(=O)CCc2cn(C)c3ccccc23)nn1C. The molecule has 1 amide bonds. The Morgan fingerprint density at radius 2 is 2.05 bits per heavy atom. The van der Waals surface area contributed by atoms with Gasteiger partial charge in [-0.15, -0.1) is 0 Å². The highest BCUT2D eigenvalue weighted by molar-refractivity contribution is 5.90. The molecule has 1 N–H and O–H groups in total. The van der Waals surface area contributed by atoms with Gasteiger partial charge in [-0.05, 0) is 25.0 Å².